The number of aryl methyl sites for hydroxylation is 1. The van der Waals surface area contributed by atoms with Gasteiger partial charge in [-0.3, -0.25) is 4.79 Å². The van der Waals surface area contributed by atoms with Crippen molar-refractivity contribution in [3.8, 4) is 0 Å². The average molecular weight is 218 g/mol. The molecular weight excluding hydrogens is 200 g/mol. The lowest BCUT2D eigenvalue weighted by Crippen LogP contribution is -2.50. The maximum absolute atomic E-state index is 11.6. The monoisotopic (exact) mass is 218 g/mol. The first-order valence-corrected chi connectivity index (χ1v) is 5.83. The van der Waals surface area contributed by atoms with Gasteiger partial charge in [-0.1, -0.05) is 30.3 Å². The van der Waals surface area contributed by atoms with Crippen LogP contribution >= 0.6 is 0 Å². The lowest BCUT2D eigenvalue weighted by Gasteiger charge is -2.32. The van der Waals surface area contributed by atoms with Crippen molar-refractivity contribution in [1.82, 2.24) is 5.32 Å². The van der Waals surface area contributed by atoms with Crippen molar-refractivity contribution < 1.29 is 4.79 Å². The molecule has 16 heavy (non-hydrogen) atoms. The molecule has 0 heterocycles. The Labute approximate surface area is 96.0 Å². The van der Waals surface area contributed by atoms with E-state index in [2.05, 4.69) is 5.32 Å². The topological polar surface area (TPSA) is 55.1 Å². The fourth-order valence-corrected chi connectivity index (χ4v) is 1.98. The van der Waals surface area contributed by atoms with Gasteiger partial charge in [0.05, 0.1) is 0 Å². The second kappa shape index (κ2) is 5.12. The fourth-order valence-electron chi connectivity index (χ4n) is 1.98. The molecule has 0 atom stereocenters. The van der Waals surface area contributed by atoms with Crippen molar-refractivity contribution in [2.45, 2.75) is 37.8 Å². The Balaban J connectivity index is 1.68. The minimum absolute atomic E-state index is 0.140. The largest absolute Gasteiger partial charge is 0.353 e. The van der Waals surface area contributed by atoms with E-state index in [0.717, 1.165) is 19.3 Å². The van der Waals surface area contributed by atoms with Crippen LogP contribution in [0.4, 0.5) is 0 Å². The molecule has 0 unspecified atom stereocenters. The summed E-state index contributed by atoms with van der Waals surface area (Å²) in [5, 5.41) is 3.00. The van der Waals surface area contributed by atoms with Gasteiger partial charge in [0.15, 0.2) is 0 Å². The SMILES string of the molecule is NC1CC(NC(=O)CCc2ccccc2)C1. The Bertz CT molecular complexity index is 344. The molecule has 1 aromatic carbocycles. The number of hydrogen-bond acceptors (Lipinski definition) is 2. The van der Waals surface area contributed by atoms with E-state index in [-0.39, 0.29) is 5.91 Å². The van der Waals surface area contributed by atoms with Crippen LogP contribution in [-0.2, 0) is 11.2 Å². The van der Waals surface area contributed by atoms with Gasteiger partial charge in [0, 0.05) is 18.5 Å². The molecule has 2 rings (SSSR count). The number of nitrogens with two attached hydrogens (primary N) is 1. The molecule has 0 radical (unpaired) electrons. The van der Waals surface area contributed by atoms with E-state index in [1.165, 1.54) is 5.56 Å². The first kappa shape index (κ1) is 11.1. The van der Waals surface area contributed by atoms with Crippen molar-refractivity contribution in [2.24, 2.45) is 5.73 Å². The third-order valence-corrected chi connectivity index (χ3v) is 3.02. The first-order valence-electron chi connectivity index (χ1n) is 5.83. The van der Waals surface area contributed by atoms with Crippen LogP contribution < -0.4 is 11.1 Å². The quantitative estimate of drug-likeness (QED) is 0.798. The van der Waals surface area contributed by atoms with E-state index in [9.17, 15) is 4.79 Å². The second-order valence-electron chi connectivity index (χ2n) is 4.48. The molecule has 1 fully saturated rings. The third-order valence-electron chi connectivity index (χ3n) is 3.02. The number of amides is 1. The van der Waals surface area contributed by atoms with Crippen LogP contribution in [0.25, 0.3) is 0 Å². The lowest BCUT2D eigenvalue weighted by atomic mass is 9.87. The summed E-state index contributed by atoms with van der Waals surface area (Å²) in [7, 11) is 0. The molecule has 1 aromatic rings. The molecule has 0 bridgehead atoms. The van der Waals surface area contributed by atoms with E-state index in [4.69, 9.17) is 5.73 Å². The summed E-state index contributed by atoms with van der Waals surface area (Å²) < 4.78 is 0. The maximum Gasteiger partial charge on any atom is 0.220 e. The summed E-state index contributed by atoms with van der Waals surface area (Å²) in [5.74, 6) is 0.140. The van der Waals surface area contributed by atoms with Crippen LogP contribution in [0, 0.1) is 0 Å². The van der Waals surface area contributed by atoms with Crippen molar-refractivity contribution >= 4 is 5.91 Å². The zero-order valence-electron chi connectivity index (χ0n) is 9.36. The van der Waals surface area contributed by atoms with Gasteiger partial charge in [0.25, 0.3) is 0 Å². The Hall–Kier alpha value is -1.35. The zero-order chi connectivity index (χ0) is 11.4. The smallest absolute Gasteiger partial charge is 0.220 e. The highest BCUT2D eigenvalue weighted by molar-refractivity contribution is 5.76. The second-order valence-corrected chi connectivity index (χ2v) is 4.48. The van der Waals surface area contributed by atoms with Crippen LogP contribution in [0.15, 0.2) is 30.3 Å². The number of carbonyl (C=O) groups is 1. The number of hydrogen-bond donors (Lipinski definition) is 2. The van der Waals surface area contributed by atoms with E-state index in [0.29, 0.717) is 18.5 Å². The van der Waals surface area contributed by atoms with Gasteiger partial charge in [-0.25, -0.2) is 0 Å². The summed E-state index contributed by atoms with van der Waals surface area (Å²) in [6.07, 6.45) is 3.23. The van der Waals surface area contributed by atoms with E-state index < -0.39 is 0 Å². The van der Waals surface area contributed by atoms with Gasteiger partial charge in [-0.05, 0) is 24.8 Å². The van der Waals surface area contributed by atoms with Crippen LogP contribution in [0.2, 0.25) is 0 Å². The minimum Gasteiger partial charge on any atom is -0.353 e. The van der Waals surface area contributed by atoms with Crippen LogP contribution in [0.3, 0.4) is 0 Å². The predicted molar refractivity (Wildman–Crippen MR) is 63.9 cm³/mol. The normalized spacial score (nSPS) is 23.6. The Morgan fingerprint density at radius 1 is 1.31 bits per heavy atom. The lowest BCUT2D eigenvalue weighted by molar-refractivity contribution is -0.122. The van der Waals surface area contributed by atoms with Gasteiger partial charge in [0.1, 0.15) is 0 Å². The maximum atomic E-state index is 11.6. The standard InChI is InChI=1S/C13H18N2O/c14-11-8-12(9-11)15-13(16)7-6-10-4-2-1-3-5-10/h1-5,11-12H,6-9,14H2,(H,15,16). The average Bonchev–Trinajstić information content (AvgIpc) is 2.26. The van der Waals surface area contributed by atoms with Gasteiger partial charge < -0.3 is 11.1 Å². The summed E-state index contributed by atoms with van der Waals surface area (Å²) >= 11 is 0. The summed E-state index contributed by atoms with van der Waals surface area (Å²) in [6.45, 7) is 0. The minimum atomic E-state index is 0.140. The molecule has 1 amide bonds. The van der Waals surface area contributed by atoms with Crippen molar-refractivity contribution in [3.63, 3.8) is 0 Å². The van der Waals surface area contributed by atoms with Gasteiger partial charge in [-0.2, -0.15) is 0 Å². The van der Waals surface area contributed by atoms with Crippen molar-refractivity contribution in [2.75, 3.05) is 0 Å². The molecule has 1 aliphatic rings. The number of carbonyl (C=O) groups excluding carboxylic acids is 1. The molecule has 0 spiro atoms. The molecule has 3 heteroatoms. The molecule has 0 aliphatic heterocycles. The summed E-state index contributed by atoms with van der Waals surface area (Å²) in [6, 6.07) is 10.7. The highest BCUT2D eigenvalue weighted by Crippen LogP contribution is 2.17. The number of rotatable bonds is 4. The molecular formula is C13H18N2O. The van der Waals surface area contributed by atoms with E-state index in [1.807, 2.05) is 30.3 Å². The van der Waals surface area contributed by atoms with Crippen LogP contribution in [0.5, 0.6) is 0 Å². The molecule has 3 N–H and O–H groups in total. The Morgan fingerprint density at radius 3 is 2.62 bits per heavy atom. The first-order chi connectivity index (χ1) is 7.74. The van der Waals surface area contributed by atoms with Crippen molar-refractivity contribution in [1.29, 1.82) is 0 Å². The number of nitrogens with one attached hydrogen (secondary N) is 1. The summed E-state index contributed by atoms with van der Waals surface area (Å²) in [5.41, 5.74) is 6.87. The third kappa shape index (κ3) is 3.07. The van der Waals surface area contributed by atoms with E-state index >= 15 is 0 Å². The molecule has 0 saturated heterocycles. The molecule has 3 nitrogen and oxygen atoms in total. The molecule has 1 saturated carbocycles. The van der Waals surface area contributed by atoms with Gasteiger partial charge in [-0.15, -0.1) is 0 Å². The van der Waals surface area contributed by atoms with Gasteiger partial charge >= 0.3 is 0 Å². The van der Waals surface area contributed by atoms with Crippen LogP contribution in [0.1, 0.15) is 24.8 Å². The predicted octanol–water partition coefficient (Wildman–Crippen LogP) is 1.23. The van der Waals surface area contributed by atoms with Crippen LogP contribution in [-0.4, -0.2) is 18.0 Å². The van der Waals surface area contributed by atoms with Gasteiger partial charge in [0.2, 0.25) is 5.91 Å². The molecule has 86 valence electrons. The Kier molecular flexibility index (Phi) is 3.57. The Morgan fingerprint density at radius 2 is 2.00 bits per heavy atom. The molecule has 0 aromatic heterocycles. The van der Waals surface area contributed by atoms with Crippen molar-refractivity contribution in [3.05, 3.63) is 35.9 Å². The highest BCUT2D eigenvalue weighted by Gasteiger charge is 2.26. The highest BCUT2D eigenvalue weighted by atomic mass is 16.1. The molecule has 1 aliphatic carbocycles. The fraction of sp³-hybridized carbons (Fsp3) is 0.462. The zero-order valence-corrected chi connectivity index (χ0v) is 9.36. The van der Waals surface area contributed by atoms with E-state index in [1.54, 1.807) is 0 Å². The summed E-state index contributed by atoms with van der Waals surface area (Å²) in [4.78, 5) is 11.6. The number of benzene rings is 1.